The maximum absolute atomic E-state index is 13.1. The summed E-state index contributed by atoms with van der Waals surface area (Å²) in [4.78, 5) is 31.2. The van der Waals surface area contributed by atoms with Crippen LogP contribution in [0.2, 0.25) is 0 Å². The molecule has 3 heterocycles. The minimum absolute atomic E-state index is 0.0502. The van der Waals surface area contributed by atoms with Crippen molar-refractivity contribution in [2.75, 3.05) is 19.6 Å². The van der Waals surface area contributed by atoms with Gasteiger partial charge >= 0.3 is 0 Å². The second-order valence-corrected chi connectivity index (χ2v) is 9.81. The van der Waals surface area contributed by atoms with Crippen LogP contribution in [0.1, 0.15) is 35.2 Å². The van der Waals surface area contributed by atoms with E-state index >= 15 is 0 Å². The molecule has 0 unspecified atom stereocenters. The van der Waals surface area contributed by atoms with Gasteiger partial charge in [0.2, 0.25) is 5.91 Å². The second-order valence-electron chi connectivity index (χ2n) is 9.81. The summed E-state index contributed by atoms with van der Waals surface area (Å²) in [6.45, 7) is 2.04. The number of H-pyrrole nitrogens is 1. The van der Waals surface area contributed by atoms with Gasteiger partial charge in [0, 0.05) is 60.6 Å². The number of carbonyl (C=O) groups is 2. The van der Waals surface area contributed by atoms with E-state index in [4.69, 9.17) is 0 Å². The summed E-state index contributed by atoms with van der Waals surface area (Å²) in [5, 5.41) is 8.63. The fraction of sp³-hybridized carbons (Fsp3) is 0.321. The number of aromatic nitrogens is 3. The number of nitrogens with zero attached hydrogens (tertiary/aromatic N) is 3. The number of hydrogen-bond donors (Lipinski definition) is 2. The third kappa shape index (κ3) is 4.11. The van der Waals surface area contributed by atoms with E-state index in [1.165, 1.54) is 10.9 Å². The highest BCUT2D eigenvalue weighted by Gasteiger charge is 2.58. The molecule has 2 fully saturated rings. The van der Waals surface area contributed by atoms with E-state index in [-0.39, 0.29) is 23.1 Å². The Labute approximate surface area is 204 Å². The van der Waals surface area contributed by atoms with Crippen LogP contribution in [0, 0.1) is 11.3 Å². The predicted octanol–water partition coefficient (Wildman–Crippen LogP) is 3.95. The van der Waals surface area contributed by atoms with E-state index in [0.29, 0.717) is 25.2 Å². The number of amides is 2. The number of nitrogens with one attached hydrogen (secondary N) is 2. The van der Waals surface area contributed by atoms with Gasteiger partial charge in [0.1, 0.15) is 0 Å². The van der Waals surface area contributed by atoms with Crippen molar-refractivity contribution in [3.63, 3.8) is 0 Å². The molecular formula is C28H29N5O2. The molecular weight excluding hydrogens is 438 g/mol. The molecule has 1 spiro atoms. The lowest BCUT2D eigenvalue weighted by atomic mass is 9.90. The van der Waals surface area contributed by atoms with Crippen molar-refractivity contribution in [3.05, 3.63) is 84.3 Å². The minimum Gasteiger partial charge on any atom is -0.361 e. The second kappa shape index (κ2) is 8.73. The molecule has 0 radical (unpaired) electrons. The molecule has 0 bridgehead atoms. The third-order valence-corrected chi connectivity index (χ3v) is 7.78. The van der Waals surface area contributed by atoms with Gasteiger partial charge in [0.25, 0.3) is 5.91 Å². The van der Waals surface area contributed by atoms with Crippen molar-refractivity contribution in [2.45, 2.75) is 25.7 Å². The zero-order valence-corrected chi connectivity index (χ0v) is 19.6. The van der Waals surface area contributed by atoms with Crippen LogP contribution in [0.4, 0.5) is 0 Å². The zero-order valence-electron chi connectivity index (χ0n) is 19.6. The van der Waals surface area contributed by atoms with E-state index < -0.39 is 0 Å². The minimum atomic E-state index is 0.0502. The third-order valence-electron chi connectivity index (χ3n) is 7.78. The predicted molar refractivity (Wildman–Crippen MR) is 134 cm³/mol. The molecule has 1 atom stereocenters. The molecule has 178 valence electrons. The lowest BCUT2D eigenvalue weighted by molar-refractivity contribution is -0.123. The van der Waals surface area contributed by atoms with Crippen LogP contribution in [0.5, 0.6) is 0 Å². The van der Waals surface area contributed by atoms with Gasteiger partial charge in [-0.3, -0.25) is 9.59 Å². The molecule has 2 aromatic heterocycles. The number of fused-ring (bicyclic) bond motifs is 1. The molecule has 7 heteroatoms. The number of rotatable bonds is 6. The van der Waals surface area contributed by atoms with Crippen LogP contribution in [0.3, 0.4) is 0 Å². The average Bonchev–Trinajstić information content (AvgIpc) is 3.23. The molecule has 2 aromatic carbocycles. The summed E-state index contributed by atoms with van der Waals surface area (Å²) in [6.07, 6.45) is 9.15. The first-order valence-electron chi connectivity index (χ1n) is 12.4. The molecule has 1 saturated heterocycles. The topological polar surface area (TPSA) is 83.0 Å². The Kier molecular flexibility index (Phi) is 5.40. The number of piperidine rings is 1. The Bertz CT molecular complexity index is 1370. The fourth-order valence-electron chi connectivity index (χ4n) is 5.59. The van der Waals surface area contributed by atoms with E-state index in [0.717, 1.165) is 36.9 Å². The average molecular weight is 468 g/mol. The summed E-state index contributed by atoms with van der Waals surface area (Å²) in [5.41, 5.74) is 3.98. The molecule has 1 aliphatic carbocycles. The Morgan fingerprint density at radius 3 is 2.77 bits per heavy atom. The molecule has 2 amide bonds. The highest BCUT2D eigenvalue weighted by atomic mass is 16.2. The normalized spacial score (nSPS) is 18.6. The van der Waals surface area contributed by atoms with Crippen molar-refractivity contribution in [1.29, 1.82) is 0 Å². The van der Waals surface area contributed by atoms with Crippen LogP contribution in [0.15, 0.2) is 73.2 Å². The number of para-hydroxylation sites is 1. The monoisotopic (exact) mass is 467 g/mol. The number of carbonyl (C=O) groups excluding carboxylic acids is 2. The number of benzene rings is 2. The SMILES string of the molecule is O=C(NCCc1c[nH]c2ccccc12)[C@@H]1CC12CCN(C(=O)c1cccc(-n3cccn3)c1)CC2. The quantitative estimate of drug-likeness (QED) is 0.450. The summed E-state index contributed by atoms with van der Waals surface area (Å²) >= 11 is 0. The summed E-state index contributed by atoms with van der Waals surface area (Å²) in [6, 6.07) is 17.7. The van der Waals surface area contributed by atoms with Crippen molar-refractivity contribution < 1.29 is 9.59 Å². The highest BCUT2D eigenvalue weighted by Crippen LogP contribution is 2.59. The molecule has 7 nitrogen and oxygen atoms in total. The number of hydrogen-bond acceptors (Lipinski definition) is 3. The standard InChI is InChI=1S/C28H29N5O2/c34-26(29-13-9-21-19-30-25-8-2-1-7-23(21)25)24-18-28(24)10-15-32(16-11-28)27(35)20-5-3-6-22(17-20)33-14-4-12-31-33/h1-8,12,14,17,19,24,30H,9-11,13,15-16,18H2,(H,29,34)/t24-/m0/s1. The molecule has 35 heavy (non-hydrogen) atoms. The Morgan fingerprint density at radius 1 is 1.09 bits per heavy atom. The van der Waals surface area contributed by atoms with E-state index in [2.05, 4.69) is 27.5 Å². The molecule has 1 aliphatic heterocycles. The smallest absolute Gasteiger partial charge is 0.253 e. The van der Waals surface area contributed by atoms with Gasteiger partial charge in [-0.1, -0.05) is 24.3 Å². The number of aromatic amines is 1. The molecule has 2 N–H and O–H groups in total. The maximum Gasteiger partial charge on any atom is 0.253 e. The van der Waals surface area contributed by atoms with Crippen LogP contribution < -0.4 is 5.32 Å². The van der Waals surface area contributed by atoms with E-state index in [1.54, 1.807) is 10.9 Å². The van der Waals surface area contributed by atoms with Crippen molar-refractivity contribution >= 4 is 22.7 Å². The molecule has 6 rings (SSSR count). The zero-order chi connectivity index (χ0) is 23.8. The lowest BCUT2D eigenvalue weighted by Crippen LogP contribution is -2.40. The van der Waals surface area contributed by atoms with Crippen molar-refractivity contribution in [3.8, 4) is 5.69 Å². The van der Waals surface area contributed by atoms with Gasteiger partial charge in [0.15, 0.2) is 0 Å². The van der Waals surface area contributed by atoms with Gasteiger partial charge < -0.3 is 15.2 Å². The van der Waals surface area contributed by atoms with Crippen LogP contribution in [-0.2, 0) is 11.2 Å². The Balaban J connectivity index is 1.01. The van der Waals surface area contributed by atoms with E-state index in [1.807, 2.05) is 59.8 Å². The van der Waals surface area contributed by atoms with Gasteiger partial charge in [-0.2, -0.15) is 5.10 Å². The maximum atomic E-state index is 13.1. The highest BCUT2D eigenvalue weighted by molar-refractivity contribution is 5.95. The lowest BCUT2D eigenvalue weighted by Gasteiger charge is -2.33. The largest absolute Gasteiger partial charge is 0.361 e. The molecule has 2 aliphatic rings. The Hall–Kier alpha value is -3.87. The van der Waals surface area contributed by atoms with Crippen molar-refractivity contribution in [2.24, 2.45) is 11.3 Å². The van der Waals surface area contributed by atoms with Crippen molar-refractivity contribution in [1.82, 2.24) is 25.0 Å². The van der Waals surface area contributed by atoms with Gasteiger partial charge in [-0.15, -0.1) is 0 Å². The first-order chi connectivity index (χ1) is 17.1. The first kappa shape index (κ1) is 21.6. The van der Waals surface area contributed by atoms with Gasteiger partial charge in [0.05, 0.1) is 5.69 Å². The van der Waals surface area contributed by atoms with Crippen LogP contribution >= 0.6 is 0 Å². The summed E-state index contributed by atoms with van der Waals surface area (Å²) in [7, 11) is 0. The van der Waals surface area contributed by atoms with Gasteiger partial charge in [-0.25, -0.2) is 4.68 Å². The summed E-state index contributed by atoms with van der Waals surface area (Å²) in [5.74, 6) is 0.289. The Morgan fingerprint density at radius 2 is 1.94 bits per heavy atom. The van der Waals surface area contributed by atoms with E-state index in [9.17, 15) is 9.59 Å². The fourth-order valence-corrected chi connectivity index (χ4v) is 5.59. The van der Waals surface area contributed by atoms with Crippen LogP contribution in [-0.4, -0.2) is 51.1 Å². The molecule has 4 aromatic rings. The van der Waals surface area contributed by atoms with Gasteiger partial charge in [-0.05, 0) is 67.0 Å². The summed E-state index contributed by atoms with van der Waals surface area (Å²) < 4.78 is 1.76. The first-order valence-corrected chi connectivity index (χ1v) is 12.4. The van der Waals surface area contributed by atoms with Crippen LogP contribution in [0.25, 0.3) is 16.6 Å². The molecule has 1 saturated carbocycles. The number of likely N-dealkylation sites (tertiary alicyclic amines) is 1.